The van der Waals surface area contributed by atoms with Gasteiger partial charge in [-0.15, -0.1) is 11.3 Å². The molecule has 3 heterocycles. The topological polar surface area (TPSA) is 66.3 Å². The van der Waals surface area contributed by atoms with Crippen LogP contribution in [0.2, 0.25) is 0 Å². The molecule has 8 heteroatoms. The summed E-state index contributed by atoms with van der Waals surface area (Å²) in [4.78, 5) is 22.0. The number of rotatable bonds is 7. The van der Waals surface area contributed by atoms with Gasteiger partial charge in [-0.25, -0.2) is 9.78 Å². The molecule has 0 bridgehead atoms. The third-order valence-corrected chi connectivity index (χ3v) is 5.65. The van der Waals surface area contributed by atoms with Crippen LogP contribution in [0.3, 0.4) is 0 Å². The summed E-state index contributed by atoms with van der Waals surface area (Å²) >= 11 is 1.73. The number of nitrogens with one attached hydrogen (secondary N) is 1. The van der Waals surface area contributed by atoms with Crippen LogP contribution in [-0.2, 0) is 26.1 Å². The van der Waals surface area contributed by atoms with Crippen molar-refractivity contribution in [2.45, 2.75) is 46.3 Å². The van der Waals surface area contributed by atoms with Crippen molar-refractivity contribution in [1.29, 1.82) is 0 Å². The van der Waals surface area contributed by atoms with Crippen molar-refractivity contribution in [3.63, 3.8) is 0 Å². The van der Waals surface area contributed by atoms with E-state index in [1.807, 2.05) is 15.1 Å². The number of aryl methyl sites for hydroxylation is 1. The molecular formula is C18H28N6OS. The quantitative estimate of drug-likeness (QED) is 0.805. The lowest BCUT2D eigenvalue weighted by molar-refractivity contribution is 0.181. The van der Waals surface area contributed by atoms with Crippen LogP contribution in [0.5, 0.6) is 0 Å². The molecule has 3 rings (SSSR count). The monoisotopic (exact) mass is 376 g/mol. The summed E-state index contributed by atoms with van der Waals surface area (Å²) in [5.41, 5.74) is 5.24. The fourth-order valence-electron chi connectivity index (χ4n) is 3.13. The van der Waals surface area contributed by atoms with E-state index in [2.05, 4.69) is 42.2 Å². The summed E-state index contributed by atoms with van der Waals surface area (Å²) in [5.74, 6) is 0. The molecule has 26 heavy (non-hydrogen) atoms. The smallest absolute Gasteiger partial charge is 0.317 e. The van der Waals surface area contributed by atoms with Gasteiger partial charge in [-0.2, -0.15) is 5.10 Å². The summed E-state index contributed by atoms with van der Waals surface area (Å²) in [6.45, 7) is 8.76. The molecule has 2 amide bonds. The van der Waals surface area contributed by atoms with Crippen molar-refractivity contribution in [2.75, 3.05) is 26.7 Å². The zero-order chi connectivity index (χ0) is 18.5. The van der Waals surface area contributed by atoms with Gasteiger partial charge in [0, 0.05) is 31.1 Å². The van der Waals surface area contributed by atoms with Gasteiger partial charge in [-0.1, -0.05) is 6.92 Å². The minimum Gasteiger partial charge on any atom is -0.338 e. The van der Waals surface area contributed by atoms with Crippen LogP contribution in [0.4, 0.5) is 4.79 Å². The Kier molecular flexibility index (Phi) is 6.26. The second-order valence-electron chi connectivity index (χ2n) is 6.85. The molecule has 0 aliphatic carbocycles. The molecule has 2 aromatic rings. The normalized spacial score (nSPS) is 13.9. The van der Waals surface area contributed by atoms with Crippen molar-refractivity contribution < 1.29 is 4.79 Å². The molecule has 1 N–H and O–H groups in total. The molecule has 7 nitrogen and oxygen atoms in total. The number of urea groups is 1. The average molecular weight is 377 g/mol. The van der Waals surface area contributed by atoms with E-state index in [0.717, 1.165) is 56.1 Å². The Morgan fingerprint density at radius 1 is 1.42 bits per heavy atom. The first-order valence-electron chi connectivity index (χ1n) is 9.22. The van der Waals surface area contributed by atoms with E-state index >= 15 is 0 Å². The SMILES string of the molecule is CCCNC(=O)N1CCn2nc(CN(C)CCc3scnc3C)cc2C1. The predicted octanol–water partition coefficient (Wildman–Crippen LogP) is 2.26. The van der Waals surface area contributed by atoms with Crippen molar-refractivity contribution in [3.8, 4) is 0 Å². The number of nitrogens with zero attached hydrogens (tertiary/aromatic N) is 5. The minimum atomic E-state index is 0.0258. The van der Waals surface area contributed by atoms with Gasteiger partial charge in [-0.05, 0) is 32.9 Å². The number of fused-ring (bicyclic) bond motifs is 1. The molecule has 0 unspecified atom stereocenters. The Labute approximate surface area is 159 Å². The molecule has 0 saturated heterocycles. The zero-order valence-corrected chi connectivity index (χ0v) is 16.7. The number of carbonyl (C=O) groups excluding carboxylic acids is 1. The molecule has 0 aromatic carbocycles. The van der Waals surface area contributed by atoms with E-state index in [1.54, 1.807) is 11.3 Å². The minimum absolute atomic E-state index is 0.0258. The van der Waals surface area contributed by atoms with Crippen LogP contribution in [0.25, 0.3) is 0 Å². The fourth-order valence-corrected chi connectivity index (χ4v) is 3.90. The maximum atomic E-state index is 12.1. The van der Waals surface area contributed by atoms with Gasteiger partial charge < -0.3 is 15.1 Å². The molecule has 1 aliphatic heterocycles. The largest absolute Gasteiger partial charge is 0.338 e. The van der Waals surface area contributed by atoms with E-state index in [-0.39, 0.29) is 6.03 Å². The Hall–Kier alpha value is -1.93. The van der Waals surface area contributed by atoms with Gasteiger partial charge in [0.25, 0.3) is 0 Å². The number of thiazole rings is 1. The van der Waals surface area contributed by atoms with Crippen molar-refractivity contribution >= 4 is 17.4 Å². The van der Waals surface area contributed by atoms with Gasteiger partial charge in [0.2, 0.25) is 0 Å². The third-order valence-electron chi connectivity index (χ3n) is 4.66. The Morgan fingerprint density at radius 2 is 2.27 bits per heavy atom. The second-order valence-corrected chi connectivity index (χ2v) is 7.79. The van der Waals surface area contributed by atoms with Crippen LogP contribution in [0.15, 0.2) is 11.6 Å². The highest BCUT2D eigenvalue weighted by Crippen LogP contribution is 2.16. The van der Waals surface area contributed by atoms with E-state index in [9.17, 15) is 4.79 Å². The first kappa shape index (κ1) is 18.8. The molecule has 1 aliphatic rings. The van der Waals surface area contributed by atoms with Gasteiger partial charge in [0.05, 0.1) is 35.7 Å². The maximum Gasteiger partial charge on any atom is 0.317 e. The van der Waals surface area contributed by atoms with Gasteiger partial charge in [-0.3, -0.25) is 4.68 Å². The summed E-state index contributed by atoms with van der Waals surface area (Å²) < 4.78 is 2.04. The zero-order valence-electron chi connectivity index (χ0n) is 15.9. The average Bonchev–Trinajstić information content (AvgIpc) is 3.22. The molecule has 142 valence electrons. The van der Waals surface area contributed by atoms with Crippen LogP contribution >= 0.6 is 11.3 Å². The van der Waals surface area contributed by atoms with Gasteiger partial charge in [0.15, 0.2) is 0 Å². The third kappa shape index (κ3) is 4.62. The molecule has 0 spiro atoms. The highest BCUT2D eigenvalue weighted by molar-refractivity contribution is 7.09. The fraction of sp³-hybridized carbons (Fsp3) is 0.611. The number of carbonyl (C=O) groups is 1. The number of aromatic nitrogens is 3. The number of hydrogen-bond acceptors (Lipinski definition) is 5. The van der Waals surface area contributed by atoms with E-state index < -0.39 is 0 Å². The Balaban J connectivity index is 1.52. The second kappa shape index (κ2) is 8.64. The molecule has 0 fully saturated rings. The lowest BCUT2D eigenvalue weighted by atomic mass is 10.2. The van der Waals surface area contributed by atoms with Crippen LogP contribution in [0.1, 0.15) is 35.3 Å². The first-order chi connectivity index (χ1) is 12.6. The summed E-state index contributed by atoms with van der Waals surface area (Å²) in [6, 6.07) is 2.16. The van der Waals surface area contributed by atoms with Gasteiger partial charge >= 0.3 is 6.03 Å². The van der Waals surface area contributed by atoms with Crippen LogP contribution in [0, 0.1) is 6.92 Å². The number of likely N-dealkylation sites (N-methyl/N-ethyl adjacent to an activating group) is 1. The summed E-state index contributed by atoms with van der Waals surface area (Å²) in [6.07, 6.45) is 1.97. The maximum absolute atomic E-state index is 12.1. The lowest BCUT2D eigenvalue weighted by Crippen LogP contribution is -2.44. The Bertz CT molecular complexity index is 740. The predicted molar refractivity (Wildman–Crippen MR) is 103 cm³/mol. The number of hydrogen-bond donors (Lipinski definition) is 1. The van der Waals surface area contributed by atoms with E-state index in [4.69, 9.17) is 5.10 Å². The van der Waals surface area contributed by atoms with Gasteiger partial charge in [0.1, 0.15) is 0 Å². The molecule has 0 atom stereocenters. The van der Waals surface area contributed by atoms with E-state index in [0.29, 0.717) is 13.1 Å². The molecular weight excluding hydrogens is 348 g/mol. The molecule has 2 aromatic heterocycles. The summed E-state index contributed by atoms with van der Waals surface area (Å²) in [7, 11) is 2.12. The first-order valence-corrected chi connectivity index (χ1v) is 10.1. The van der Waals surface area contributed by atoms with Crippen LogP contribution in [-0.4, -0.2) is 57.3 Å². The Morgan fingerprint density at radius 3 is 3.00 bits per heavy atom. The number of amides is 2. The summed E-state index contributed by atoms with van der Waals surface area (Å²) in [5, 5.41) is 7.67. The van der Waals surface area contributed by atoms with Crippen LogP contribution < -0.4 is 5.32 Å². The highest BCUT2D eigenvalue weighted by Gasteiger charge is 2.22. The molecule has 0 radical (unpaired) electrons. The van der Waals surface area contributed by atoms with Crippen molar-refractivity contribution in [1.82, 2.24) is 29.9 Å². The molecule has 0 saturated carbocycles. The lowest BCUT2D eigenvalue weighted by Gasteiger charge is -2.27. The van der Waals surface area contributed by atoms with Crippen molar-refractivity contribution in [2.24, 2.45) is 0 Å². The highest BCUT2D eigenvalue weighted by atomic mass is 32.1. The van der Waals surface area contributed by atoms with E-state index in [1.165, 1.54) is 4.88 Å². The standard InChI is InChI=1S/C18H28N6OS/c1-4-6-19-18(25)23-8-9-24-16(12-23)10-15(21-24)11-22(3)7-5-17-14(2)20-13-26-17/h10,13H,4-9,11-12H2,1-3H3,(H,19,25). The van der Waals surface area contributed by atoms with Crippen molar-refractivity contribution in [3.05, 3.63) is 33.5 Å².